The number of hydrogen-bond acceptors (Lipinski definition) is 2. The SMILES string of the molecule is O=c1c(I)c(Cl)ncn1Cc1cccc(Cl)c1. The van der Waals surface area contributed by atoms with Crippen LogP contribution < -0.4 is 5.56 Å². The van der Waals surface area contributed by atoms with Gasteiger partial charge in [-0.05, 0) is 40.3 Å². The summed E-state index contributed by atoms with van der Waals surface area (Å²) in [5.41, 5.74) is 0.796. The highest BCUT2D eigenvalue weighted by Crippen LogP contribution is 2.13. The van der Waals surface area contributed by atoms with Gasteiger partial charge in [-0.15, -0.1) is 0 Å². The minimum absolute atomic E-state index is 0.148. The Morgan fingerprint density at radius 3 is 2.82 bits per heavy atom. The fourth-order valence-electron chi connectivity index (χ4n) is 1.39. The summed E-state index contributed by atoms with van der Waals surface area (Å²) in [4.78, 5) is 15.8. The smallest absolute Gasteiger partial charge is 0.268 e. The Balaban J connectivity index is 2.37. The van der Waals surface area contributed by atoms with Crippen molar-refractivity contribution in [2.75, 3.05) is 0 Å². The van der Waals surface area contributed by atoms with Crippen LogP contribution in [-0.4, -0.2) is 9.55 Å². The van der Waals surface area contributed by atoms with E-state index in [-0.39, 0.29) is 10.7 Å². The monoisotopic (exact) mass is 380 g/mol. The topological polar surface area (TPSA) is 34.9 Å². The van der Waals surface area contributed by atoms with E-state index >= 15 is 0 Å². The maximum absolute atomic E-state index is 11.9. The summed E-state index contributed by atoms with van der Waals surface area (Å²) < 4.78 is 1.92. The summed E-state index contributed by atoms with van der Waals surface area (Å²) in [6.07, 6.45) is 1.44. The van der Waals surface area contributed by atoms with Crippen LogP contribution in [0, 0.1) is 3.57 Å². The van der Waals surface area contributed by atoms with Crippen molar-refractivity contribution in [3.63, 3.8) is 0 Å². The number of nitrogens with zero attached hydrogens (tertiary/aromatic N) is 2. The van der Waals surface area contributed by atoms with Gasteiger partial charge in [0.2, 0.25) is 0 Å². The van der Waals surface area contributed by atoms with Gasteiger partial charge >= 0.3 is 0 Å². The van der Waals surface area contributed by atoms with E-state index in [9.17, 15) is 4.79 Å². The molecule has 1 aromatic heterocycles. The highest BCUT2D eigenvalue weighted by Gasteiger charge is 2.07. The molecule has 0 saturated heterocycles. The van der Waals surface area contributed by atoms with E-state index in [1.807, 2.05) is 40.8 Å². The van der Waals surface area contributed by atoms with Gasteiger partial charge in [0, 0.05) is 5.02 Å². The zero-order valence-electron chi connectivity index (χ0n) is 8.53. The molecule has 0 atom stereocenters. The molecule has 6 heteroatoms. The van der Waals surface area contributed by atoms with Crippen molar-refractivity contribution in [3.8, 4) is 0 Å². The molecule has 1 aromatic carbocycles. The van der Waals surface area contributed by atoms with E-state index in [0.29, 0.717) is 15.1 Å². The van der Waals surface area contributed by atoms with Crippen molar-refractivity contribution in [3.05, 3.63) is 60.3 Å². The number of rotatable bonds is 2. The van der Waals surface area contributed by atoms with Crippen molar-refractivity contribution in [1.82, 2.24) is 9.55 Å². The second-order valence-electron chi connectivity index (χ2n) is 3.41. The third-order valence-corrected chi connectivity index (χ3v) is 3.99. The third kappa shape index (κ3) is 3.00. The molecule has 0 unspecified atom stereocenters. The summed E-state index contributed by atoms with van der Waals surface area (Å²) in [5, 5.41) is 0.880. The number of halogens is 3. The molecule has 0 N–H and O–H groups in total. The van der Waals surface area contributed by atoms with Crippen LogP contribution >= 0.6 is 45.8 Å². The molecule has 0 aliphatic heterocycles. The molecule has 88 valence electrons. The van der Waals surface area contributed by atoms with Crippen LogP contribution in [0.25, 0.3) is 0 Å². The first-order valence-electron chi connectivity index (χ1n) is 4.73. The molecule has 2 rings (SSSR count). The lowest BCUT2D eigenvalue weighted by Gasteiger charge is -2.06. The van der Waals surface area contributed by atoms with E-state index in [2.05, 4.69) is 4.98 Å². The van der Waals surface area contributed by atoms with Gasteiger partial charge in [0.25, 0.3) is 5.56 Å². The average Bonchev–Trinajstić information content (AvgIpc) is 2.30. The van der Waals surface area contributed by atoms with Crippen LogP contribution in [0.15, 0.2) is 35.4 Å². The van der Waals surface area contributed by atoms with Gasteiger partial charge in [0.15, 0.2) is 0 Å². The molecule has 0 aliphatic rings. The Kier molecular flexibility index (Phi) is 4.06. The summed E-state index contributed by atoms with van der Waals surface area (Å²) >= 11 is 13.5. The highest BCUT2D eigenvalue weighted by molar-refractivity contribution is 14.1. The van der Waals surface area contributed by atoms with Crippen molar-refractivity contribution in [1.29, 1.82) is 0 Å². The molecule has 3 nitrogen and oxygen atoms in total. The predicted octanol–water partition coefficient (Wildman–Crippen LogP) is 3.20. The molecule has 0 aliphatic carbocycles. The minimum atomic E-state index is -0.148. The fourth-order valence-corrected chi connectivity index (χ4v) is 2.17. The molecular weight excluding hydrogens is 374 g/mol. The molecule has 0 fully saturated rings. The van der Waals surface area contributed by atoms with Gasteiger partial charge in [0.1, 0.15) is 8.72 Å². The Morgan fingerprint density at radius 1 is 1.35 bits per heavy atom. The fraction of sp³-hybridized carbons (Fsp3) is 0.0909. The molecular formula is C11H7Cl2IN2O. The molecule has 0 amide bonds. The molecule has 17 heavy (non-hydrogen) atoms. The summed E-state index contributed by atoms with van der Waals surface area (Å²) in [5.74, 6) is 0. The van der Waals surface area contributed by atoms with Crippen LogP contribution in [0.1, 0.15) is 5.56 Å². The summed E-state index contributed by atoms with van der Waals surface area (Å²) in [7, 11) is 0. The largest absolute Gasteiger partial charge is 0.294 e. The van der Waals surface area contributed by atoms with Gasteiger partial charge in [-0.1, -0.05) is 35.3 Å². The Hall–Kier alpha value is -0.590. The van der Waals surface area contributed by atoms with Crippen LogP contribution in [0.3, 0.4) is 0 Å². The van der Waals surface area contributed by atoms with Crippen LogP contribution in [-0.2, 0) is 6.54 Å². The van der Waals surface area contributed by atoms with Crippen molar-refractivity contribution >= 4 is 45.8 Å². The zero-order valence-corrected chi connectivity index (χ0v) is 12.2. The summed E-state index contributed by atoms with van der Waals surface area (Å²) in [6.45, 7) is 0.430. The van der Waals surface area contributed by atoms with Gasteiger partial charge in [-0.2, -0.15) is 0 Å². The highest BCUT2D eigenvalue weighted by atomic mass is 127. The first kappa shape index (κ1) is 12.9. The Labute approximate surface area is 122 Å². The van der Waals surface area contributed by atoms with Gasteiger partial charge in [0.05, 0.1) is 12.9 Å². The molecule has 0 radical (unpaired) electrons. The maximum Gasteiger partial charge on any atom is 0.268 e. The van der Waals surface area contributed by atoms with Crippen molar-refractivity contribution in [2.45, 2.75) is 6.54 Å². The Morgan fingerprint density at radius 2 is 2.12 bits per heavy atom. The standard InChI is InChI=1S/C11H7Cl2IN2O/c12-8-3-1-2-7(4-8)5-16-6-15-10(13)9(14)11(16)17/h1-4,6H,5H2. The van der Waals surface area contributed by atoms with Gasteiger partial charge in [-0.25, -0.2) is 4.98 Å². The molecule has 2 aromatic rings. The van der Waals surface area contributed by atoms with E-state index in [1.165, 1.54) is 10.9 Å². The molecule has 1 heterocycles. The van der Waals surface area contributed by atoms with E-state index in [0.717, 1.165) is 5.56 Å². The lowest BCUT2D eigenvalue weighted by Crippen LogP contribution is -2.23. The Bertz CT molecular complexity index is 613. The second kappa shape index (κ2) is 5.37. The van der Waals surface area contributed by atoms with E-state index in [1.54, 1.807) is 6.07 Å². The van der Waals surface area contributed by atoms with Crippen molar-refractivity contribution in [2.24, 2.45) is 0 Å². The third-order valence-electron chi connectivity index (χ3n) is 2.18. The number of hydrogen-bond donors (Lipinski definition) is 0. The summed E-state index contributed by atoms with van der Waals surface area (Å²) in [6, 6.07) is 7.35. The van der Waals surface area contributed by atoms with Crippen LogP contribution in [0.2, 0.25) is 10.2 Å². The van der Waals surface area contributed by atoms with Gasteiger partial charge < -0.3 is 0 Å². The molecule has 0 saturated carbocycles. The first-order chi connectivity index (χ1) is 8.08. The molecule has 0 bridgehead atoms. The van der Waals surface area contributed by atoms with Crippen LogP contribution in [0.5, 0.6) is 0 Å². The normalized spacial score (nSPS) is 10.5. The maximum atomic E-state index is 11.9. The predicted molar refractivity (Wildman–Crippen MR) is 76.8 cm³/mol. The van der Waals surface area contributed by atoms with Gasteiger partial charge in [-0.3, -0.25) is 9.36 Å². The quantitative estimate of drug-likeness (QED) is 0.592. The van der Waals surface area contributed by atoms with Crippen LogP contribution in [0.4, 0.5) is 0 Å². The van der Waals surface area contributed by atoms with Crippen molar-refractivity contribution < 1.29 is 0 Å². The number of aromatic nitrogens is 2. The zero-order chi connectivity index (χ0) is 12.4. The average molecular weight is 381 g/mol. The van der Waals surface area contributed by atoms with E-state index < -0.39 is 0 Å². The second-order valence-corrected chi connectivity index (χ2v) is 5.29. The first-order valence-corrected chi connectivity index (χ1v) is 6.56. The minimum Gasteiger partial charge on any atom is -0.294 e. The lowest BCUT2D eigenvalue weighted by molar-refractivity contribution is 0.730. The number of benzene rings is 1. The molecule has 0 spiro atoms. The lowest BCUT2D eigenvalue weighted by atomic mass is 10.2. The van der Waals surface area contributed by atoms with E-state index in [4.69, 9.17) is 23.2 Å².